The third-order valence-electron chi connectivity index (χ3n) is 2.41. The predicted octanol–water partition coefficient (Wildman–Crippen LogP) is 4.05. The van der Waals surface area contributed by atoms with Gasteiger partial charge in [0.1, 0.15) is 5.69 Å². The summed E-state index contributed by atoms with van der Waals surface area (Å²) in [6, 6.07) is 5.54. The lowest BCUT2D eigenvalue weighted by Crippen LogP contribution is -2.12. The molecule has 1 N–H and O–H groups in total. The van der Waals surface area contributed by atoms with Crippen LogP contribution in [-0.4, -0.2) is 16.3 Å². The Morgan fingerprint density at radius 3 is 2.61 bits per heavy atom. The van der Waals surface area contributed by atoms with Crippen LogP contribution in [0, 0.1) is 0 Å². The molecule has 1 aromatic heterocycles. The van der Waals surface area contributed by atoms with Gasteiger partial charge >= 0.3 is 0 Å². The van der Waals surface area contributed by atoms with E-state index >= 15 is 0 Å². The van der Waals surface area contributed by atoms with E-state index < -0.39 is 0 Å². The largest absolute Gasteiger partial charge is 0.311 e. The Kier molecular flexibility index (Phi) is 4.67. The van der Waals surface area contributed by atoms with Crippen LogP contribution in [0.25, 0.3) is 5.69 Å². The molecular weight excluding hydrogens is 337 g/mol. The summed E-state index contributed by atoms with van der Waals surface area (Å²) in [5.41, 5.74) is 1.65. The van der Waals surface area contributed by atoms with Crippen LogP contribution in [0.2, 0.25) is 10.0 Å². The first-order chi connectivity index (χ1) is 8.61. The molecule has 1 heterocycles. The Morgan fingerprint density at radius 1 is 1.33 bits per heavy atom. The molecule has 0 unspecified atom stereocenters. The standard InChI is InChI=1S/C12H12BrCl2N3/c1-2-16-7-9-3-4-18(17-9)12-10(14)5-8(13)6-11(12)15/h3-6,16H,2,7H2,1H3. The summed E-state index contributed by atoms with van der Waals surface area (Å²) in [7, 11) is 0. The van der Waals surface area contributed by atoms with E-state index in [0.717, 1.165) is 23.3 Å². The van der Waals surface area contributed by atoms with Crippen molar-refractivity contribution in [1.82, 2.24) is 15.1 Å². The lowest BCUT2D eigenvalue weighted by Gasteiger charge is -2.07. The fraction of sp³-hybridized carbons (Fsp3) is 0.250. The first-order valence-corrected chi connectivity index (χ1v) is 7.07. The van der Waals surface area contributed by atoms with Crippen molar-refractivity contribution in [2.45, 2.75) is 13.5 Å². The summed E-state index contributed by atoms with van der Waals surface area (Å²) < 4.78 is 2.55. The van der Waals surface area contributed by atoms with Gasteiger partial charge in [-0.15, -0.1) is 0 Å². The molecule has 1 aromatic carbocycles. The number of halogens is 3. The van der Waals surface area contributed by atoms with Crippen molar-refractivity contribution in [3.8, 4) is 5.69 Å². The van der Waals surface area contributed by atoms with E-state index in [1.807, 2.05) is 12.3 Å². The van der Waals surface area contributed by atoms with Crippen molar-refractivity contribution in [1.29, 1.82) is 0 Å². The van der Waals surface area contributed by atoms with Crippen LogP contribution in [0.1, 0.15) is 12.6 Å². The maximum Gasteiger partial charge on any atom is 0.102 e. The van der Waals surface area contributed by atoms with Crippen molar-refractivity contribution in [3.63, 3.8) is 0 Å². The average Bonchev–Trinajstić information content (AvgIpc) is 2.73. The molecule has 0 aliphatic rings. The average molecular weight is 349 g/mol. The minimum atomic E-state index is 0.562. The van der Waals surface area contributed by atoms with Gasteiger partial charge in [0.15, 0.2) is 0 Å². The van der Waals surface area contributed by atoms with Gasteiger partial charge in [0.05, 0.1) is 15.7 Å². The summed E-state index contributed by atoms with van der Waals surface area (Å²) in [5, 5.41) is 8.78. The number of nitrogens with one attached hydrogen (secondary N) is 1. The highest BCUT2D eigenvalue weighted by molar-refractivity contribution is 9.10. The monoisotopic (exact) mass is 347 g/mol. The van der Waals surface area contributed by atoms with E-state index in [0.29, 0.717) is 15.7 Å². The molecule has 0 atom stereocenters. The molecule has 0 spiro atoms. The maximum absolute atomic E-state index is 6.19. The van der Waals surface area contributed by atoms with Gasteiger partial charge in [0, 0.05) is 17.2 Å². The molecule has 3 nitrogen and oxygen atoms in total. The zero-order valence-electron chi connectivity index (χ0n) is 9.75. The van der Waals surface area contributed by atoms with Crippen LogP contribution in [0.4, 0.5) is 0 Å². The second-order valence-electron chi connectivity index (χ2n) is 3.75. The maximum atomic E-state index is 6.19. The zero-order chi connectivity index (χ0) is 13.1. The lowest BCUT2D eigenvalue weighted by molar-refractivity contribution is 0.696. The van der Waals surface area contributed by atoms with Crippen LogP contribution < -0.4 is 5.32 Å². The SMILES string of the molecule is CCNCc1ccn(-c2c(Cl)cc(Br)cc2Cl)n1. The smallest absolute Gasteiger partial charge is 0.102 e. The first-order valence-electron chi connectivity index (χ1n) is 5.52. The molecule has 2 aromatic rings. The summed E-state index contributed by atoms with van der Waals surface area (Å²) in [4.78, 5) is 0. The molecule has 0 amide bonds. The minimum Gasteiger partial charge on any atom is -0.311 e. The van der Waals surface area contributed by atoms with Gasteiger partial charge in [-0.05, 0) is 24.7 Å². The minimum absolute atomic E-state index is 0.562. The fourth-order valence-electron chi connectivity index (χ4n) is 1.59. The first kappa shape index (κ1) is 13.9. The Balaban J connectivity index is 2.34. The van der Waals surface area contributed by atoms with Crippen LogP contribution in [0.5, 0.6) is 0 Å². The van der Waals surface area contributed by atoms with Gasteiger partial charge in [-0.25, -0.2) is 4.68 Å². The summed E-state index contributed by atoms with van der Waals surface area (Å²) in [6.45, 7) is 3.70. The molecule has 2 rings (SSSR count). The third kappa shape index (κ3) is 3.06. The zero-order valence-corrected chi connectivity index (χ0v) is 12.8. The van der Waals surface area contributed by atoms with Crippen molar-refractivity contribution in [2.75, 3.05) is 6.54 Å². The second kappa shape index (κ2) is 6.06. The van der Waals surface area contributed by atoms with E-state index in [1.165, 1.54) is 0 Å². The topological polar surface area (TPSA) is 29.9 Å². The number of benzene rings is 1. The summed E-state index contributed by atoms with van der Waals surface area (Å²) in [6.07, 6.45) is 1.85. The van der Waals surface area contributed by atoms with E-state index in [4.69, 9.17) is 23.2 Å². The molecule has 0 fully saturated rings. The van der Waals surface area contributed by atoms with E-state index in [9.17, 15) is 0 Å². The van der Waals surface area contributed by atoms with Gasteiger partial charge in [0.2, 0.25) is 0 Å². The highest BCUT2D eigenvalue weighted by Crippen LogP contribution is 2.31. The highest BCUT2D eigenvalue weighted by atomic mass is 79.9. The van der Waals surface area contributed by atoms with Crippen molar-refractivity contribution in [3.05, 3.63) is 44.6 Å². The molecule has 0 bridgehead atoms. The van der Waals surface area contributed by atoms with E-state index in [2.05, 4.69) is 33.3 Å². The molecule has 96 valence electrons. The third-order valence-corrected chi connectivity index (χ3v) is 3.45. The Bertz CT molecular complexity index is 531. The number of hydrogen-bond acceptors (Lipinski definition) is 2. The molecule has 0 saturated heterocycles. The highest BCUT2D eigenvalue weighted by Gasteiger charge is 2.11. The van der Waals surface area contributed by atoms with Gasteiger partial charge < -0.3 is 5.32 Å². The van der Waals surface area contributed by atoms with E-state index in [1.54, 1.807) is 16.8 Å². The van der Waals surface area contributed by atoms with Crippen LogP contribution >= 0.6 is 39.1 Å². The summed E-state index contributed by atoms with van der Waals surface area (Å²) in [5.74, 6) is 0. The number of hydrogen-bond donors (Lipinski definition) is 1. The Hall–Kier alpha value is -0.550. The Labute approximate surface area is 124 Å². The van der Waals surface area contributed by atoms with E-state index in [-0.39, 0.29) is 0 Å². The molecular formula is C12H12BrCl2N3. The van der Waals surface area contributed by atoms with Gasteiger partial charge in [-0.2, -0.15) is 5.10 Å². The Morgan fingerprint density at radius 2 is 2.00 bits per heavy atom. The van der Waals surface area contributed by atoms with Crippen LogP contribution in [0.15, 0.2) is 28.9 Å². The second-order valence-corrected chi connectivity index (χ2v) is 5.48. The normalized spacial score (nSPS) is 10.9. The van der Waals surface area contributed by atoms with Gasteiger partial charge in [-0.1, -0.05) is 46.1 Å². The van der Waals surface area contributed by atoms with Crippen molar-refractivity contribution >= 4 is 39.1 Å². The molecule has 0 radical (unpaired) electrons. The van der Waals surface area contributed by atoms with Gasteiger partial charge in [0.25, 0.3) is 0 Å². The molecule has 6 heteroatoms. The summed E-state index contributed by atoms with van der Waals surface area (Å²) >= 11 is 15.7. The molecule has 0 aliphatic carbocycles. The quantitative estimate of drug-likeness (QED) is 0.903. The van der Waals surface area contributed by atoms with Crippen LogP contribution in [0.3, 0.4) is 0 Å². The molecule has 0 saturated carbocycles. The predicted molar refractivity (Wildman–Crippen MR) is 78.7 cm³/mol. The lowest BCUT2D eigenvalue weighted by atomic mass is 10.3. The molecule has 18 heavy (non-hydrogen) atoms. The van der Waals surface area contributed by atoms with Crippen molar-refractivity contribution < 1.29 is 0 Å². The molecule has 0 aliphatic heterocycles. The number of aromatic nitrogens is 2. The number of rotatable bonds is 4. The number of nitrogens with zero attached hydrogens (tertiary/aromatic N) is 2. The van der Waals surface area contributed by atoms with Crippen molar-refractivity contribution in [2.24, 2.45) is 0 Å². The van der Waals surface area contributed by atoms with Crippen LogP contribution in [-0.2, 0) is 6.54 Å². The fourth-order valence-corrected chi connectivity index (χ4v) is 2.97. The van der Waals surface area contributed by atoms with Gasteiger partial charge in [-0.3, -0.25) is 0 Å².